The topological polar surface area (TPSA) is 50.4 Å². The molecule has 0 bridgehead atoms. The minimum absolute atomic E-state index is 0.00671. The molecule has 0 aliphatic rings. The molecular weight excluding hydrogens is 252 g/mol. The Balaban J connectivity index is 2.65. The number of carbonyl (C=O) groups excluding carboxylic acids is 1. The molecule has 1 rings (SSSR count). The van der Waals surface area contributed by atoms with Gasteiger partial charge in [-0.15, -0.1) is 0 Å². The molecule has 4 heteroatoms. The van der Waals surface area contributed by atoms with Gasteiger partial charge >= 0.3 is 0 Å². The number of rotatable bonds is 5. The molecule has 1 aromatic carbocycles. The molecule has 2 N–H and O–H groups in total. The number of amides is 1. The first kappa shape index (κ1) is 16.5. The highest BCUT2D eigenvalue weighted by molar-refractivity contribution is 5.81. The van der Waals surface area contributed by atoms with E-state index in [1.54, 1.807) is 7.11 Å². The van der Waals surface area contributed by atoms with Crippen LogP contribution in [-0.2, 0) is 4.79 Å². The second-order valence-electron chi connectivity index (χ2n) is 6.13. The molecular formula is C16H26N2O2. The summed E-state index contributed by atoms with van der Waals surface area (Å²) in [7, 11) is 1.65. The van der Waals surface area contributed by atoms with E-state index >= 15 is 0 Å². The Morgan fingerprint density at radius 3 is 2.45 bits per heavy atom. The van der Waals surface area contributed by atoms with Crippen molar-refractivity contribution in [2.24, 2.45) is 0 Å². The third kappa shape index (κ3) is 5.21. The Kier molecular flexibility index (Phi) is 5.57. The first-order valence-electron chi connectivity index (χ1n) is 6.95. The summed E-state index contributed by atoms with van der Waals surface area (Å²) in [6.45, 7) is 9.84. The molecule has 0 aliphatic heterocycles. The first-order chi connectivity index (χ1) is 9.23. The van der Waals surface area contributed by atoms with Gasteiger partial charge < -0.3 is 10.1 Å². The van der Waals surface area contributed by atoms with Gasteiger partial charge in [0, 0.05) is 11.6 Å². The lowest BCUT2D eigenvalue weighted by atomic mass is 10.1. The maximum Gasteiger partial charge on any atom is 0.237 e. The van der Waals surface area contributed by atoms with Crippen LogP contribution >= 0.6 is 0 Å². The van der Waals surface area contributed by atoms with Gasteiger partial charge in [0.1, 0.15) is 5.75 Å². The van der Waals surface area contributed by atoms with E-state index in [0.29, 0.717) is 0 Å². The van der Waals surface area contributed by atoms with Gasteiger partial charge in [0.15, 0.2) is 0 Å². The molecule has 1 aromatic rings. The van der Waals surface area contributed by atoms with Gasteiger partial charge in [0.2, 0.25) is 5.91 Å². The largest absolute Gasteiger partial charge is 0.497 e. The summed E-state index contributed by atoms with van der Waals surface area (Å²) in [5.41, 5.74) is 0.881. The van der Waals surface area contributed by atoms with E-state index in [2.05, 4.69) is 10.6 Å². The molecule has 0 spiro atoms. The van der Waals surface area contributed by atoms with Crippen LogP contribution in [0.25, 0.3) is 0 Å². The van der Waals surface area contributed by atoms with Crippen molar-refractivity contribution in [2.75, 3.05) is 7.11 Å². The van der Waals surface area contributed by atoms with Crippen molar-refractivity contribution in [1.29, 1.82) is 0 Å². The maximum atomic E-state index is 12.1. The molecule has 2 unspecified atom stereocenters. The van der Waals surface area contributed by atoms with Gasteiger partial charge in [-0.2, -0.15) is 0 Å². The Bertz CT molecular complexity index is 452. The third-order valence-electron chi connectivity index (χ3n) is 2.99. The molecule has 4 nitrogen and oxygen atoms in total. The van der Waals surface area contributed by atoms with E-state index in [0.717, 1.165) is 11.3 Å². The van der Waals surface area contributed by atoms with E-state index in [4.69, 9.17) is 4.74 Å². The number of hydrogen-bond donors (Lipinski definition) is 2. The molecule has 0 saturated carbocycles. The van der Waals surface area contributed by atoms with Crippen LogP contribution in [0, 0.1) is 0 Å². The van der Waals surface area contributed by atoms with E-state index in [9.17, 15) is 4.79 Å². The van der Waals surface area contributed by atoms with Gasteiger partial charge in [0.05, 0.1) is 13.2 Å². The number of methoxy groups -OCH3 is 1. The van der Waals surface area contributed by atoms with E-state index in [-0.39, 0.29) is 23.5 Å². The fourth-order valence-electron chi connectivity index (χ4n) is 1.94. The van der Waals surface area contributed by atoms with Crippen LogP contribution in [0.4, 0.5) is 0 Å². The SMILES string of the molecule is COc1cccc(C(C)NC(C)C(=O)NC(C)(C)C)c1. The van der Waals surface area contributed by atoms with Crippen LogP contribution in [0.5, 0.6) is 5.75 Å². The fraction of sp³-hybridized carbons (Fsp3) is 0.562. The predicted octanol–water partition coefficient (Wildman–Crippen LogP) is 2.65. The van der Waals surface area contributed by atoms with Crippen LogP contribution in [0.3, 0.4) is 0 Å². The molecule has 0 radical (unpaired) electrons. The van der Waals surface area contributed by atoms with Crippen LogP contribution in [0.2, 0.25) is 0 Å². The summed E-state index contributed by atoms with van der Waals surface area (Å²) in [5, 5.41) is 6.27. The van der Waals surface area contributed by atoms with Crippen molar-refractivity contribution < 1.29 is 9.53 Å². The standard InChI is InChI=1S/C16H26N2O2/c1-11(13-8-7-9-14(10-13)20-6)17-12(2)15(19)18-16(3,4)5/h7-12,17H,1-6H3,(H,18,19). The summed E-state index contributed by atoms with van der Waals surface area (Å²) in [5.74, 6) is 0.829. The number of ether oxygens (including phenoxy) is 1. The summed E-state index contributed by atoms with van der Waals surface area (Å²) >= 11 is 0. The Hall–Kier alpha value is -1.55. The van der Waals surface area contributed by atoms with Gasteiger partial charge in [-0.1, -0.05) is 12.1 Å². The quantitative estimate of drug-likeness (QED) is 0.870. The first-order valence-corrected chi connectivity index (χ1v) is 6.95. The van der Waals surface area contributed by atoms with Gasteiger partial charge in [0.25, 0.3) is 0 Å². The lowest BCUT2D eigenvalue weighted by molar-refractivity contribution is -0.124. The molecule has 20 heavy (non-hydrogen) atoms. The van der Waals surface area contributed by atoms with Crippen LogP contribution in [0.1, 0.15) is 46.2 Å². The minimum atomic E-state index is -0.254. The highest BCUT2D eigenvalue weighted by Crippen LogP contribution is 2.19. The predicted molar refractivity (Wildman–Crippen MR) is 81.9 cm³/mol. The highest BCUT2D eigenvalue weighted by Gasteiger charge is 2.20. The summed E-state index contributed by atoms with van der Waals surface area (Å²) in [6.07, 6.45) is 0. The van der Waals surface area contributed by atoms with Crippen LogP contribution < -0.4 is 15.4 Å². The van der Waals surface area contributed by atoms with Gasteiger partial charge in [-0.05, 0) is 52.3 Å². The Morgan fingerprint density at radius 1 is 1.25 bits per heavy atom. The summed E-state index contributed by atoms with van der Waals surface area (Å²) < 4.78 is 5.22. The Labute approximate surface area is 121 Å². The monoisotopic (exact) mass is 278 g/mol. The fourth-order valence-corrected chi connectivity index (χ4v) is 1.94. The number of nitrogens with one attached hydrogen (secondary N) is 2. The average Bonchev–Trinajstić information content (AvgIpc) is 2.36. The van der Waals surface area contributed by atoms with Crippen molar-refractivity contribution in [3.63, 3.8) is 0 Å². The number of carbonyl (C=O) groups is 1. The molecule has 1 amide bonds. The molecule has 0 heterocycles. The molecule has 0 aromatic heterocycles. The van der Waals surface area contributed by atoms with E-state index in [1.807, 2.05) is 58.9 Å². The van der Waals surface area contributed by atoms with Crippen molar-refractivity contribution in [3.8, 4) is 5.75 Å². The van der Waals surface area contributed by atoms with Gasteiger partial charge in [-0.3, -0.25) is 10.1 Å². The van der Waals surface area contributed by atoms with Crippen molar-refractivity contribution in [1.82, 2.24) is 10.6 Å². The molecule has 112 valence electrons. The number of benzene rings is 1. The average molecular weight is 278 g/mol. The van der Waals surface area contributed by atoms with Crippen LogP contribution in [0.15, 0.2) is 24.3 Å². The molecule has 0 fully saturated rings. The van der Waals surface area contributed by atoms with Gasteiger partial charge in [-0.25, -0.2) is 0 Å². The maximum absolute atomic E-state index is 12.1. The second-order valence-corrected chi connectivity index (χ2v) is 6.13. The van der Waals surface area contributed by atoms with Crippen LogP contribution in [-0.4, -0.2) is 24.6 Å². The number of hydrogen-bond acceptors (Lipinski definition) is 3. The Morgan fingerprint density at radius 2 is 1.90 bits per heavy atom. The smallest absolute Gasteiger partial charge is 0.237 e. The van der Waals surface area contributed by atoms with E-state index in [1.165, 1.54) is 0 Å². The zero-order valence-electron chi connectivity index (χ0n) is 13.3. The summed E-state index contributed by atoms with van der Waals surface area (Å²) in [6, 6.07) is 7.68. The third-order valence-corrected chi connectivity index (χ3v) is 2.99. The lowest BCUT2D eigenvalue weighted by Gasteiger charge is -2.25. The normalized spacial score (nSPS) is 14.5. The van der Waals surface area contributed by atoms with Crippen molar-refractivity contribution in [2.45, 2.75) is 52.2 Å². The second kappa shape index (κ2) is 6.75. The molecule has 0 saturated heterocycles. The molecule has 0 aliphatic carbocycles. The van der Waals surface area contributed by atoms with Crippen molar-refractivity contribution >= 4 is 5.91 Å². The zero-order chi connectivity index (χ0) is 15.3. The lowest BCUT2D eigenvalue weighted by Crippen LogP contribution is -2.49. The highest BCUT2D eigenvalue weighted by atomic mass is 16.5. The summed E-state index contributed by atoms with van der Waals surface area (Å²) in [4.78, 5) is 12.1. The zero-order valence-corrected chi connectivity index (χ0v) is 13.3. The van der Waals surface area contributed by atoms with E-state index < -0.39 is 0 Å². The van der Waals surface area contributed by atoms with Crippen molar-refractivity contribution in [3.05, 3.63) is 29.8 Å². The minimum Gasteiger partial charge on any atom is -0.497 e. The molecule has 2 atom stereocenters.